The number of nitrogens with zero attached hydrogens (tertiary/aromatic N) is 1. The molecule has 2 aromatic rings. The Kier molecular flexibility index (Phi) is 4.38. The van der Waals surface area contributed by atoms with E-state index in [9.17, 15) is 9.59 Å². The van der Waals surface area contributed by atoms with Crippen LogP contribution in [0.2, 0.25) is 0 Å². The van der Waals surface area contributed by atoms with E-state index in [1.807, 2.05) is 30.3 Å². The monoisotopic (exact) mass is 321 g/mol. The van der Waals surface area contributed by atoms with Crippen LogP contribution in [0.1, 0.15) is 15.9 Å². The summed E-state index contributed by atoms with van der Waals surface area (Å²) in [6.07, 6.45) is 1.73. The zero-order chi connectivity index (χ0) is 16.9. The van der Waals surface area contributed by atoms with Crippen LogP contribution in [0.15, 0.2) is 65.3 Å². The number of carbonyl (C=O) groups is 2. The number of guanidine groups is 1. The molecule has 1 saturated heterocycles. The lowest BCUT2D eigenvalue weighted by molar-refractivity contribution is -0.115. The molecule has 1 aliphatic rings. The van der Waals surface area contributed by atoms with E-state index in [0.717, 1.165) is 5.56 Å². The van der Waals surface area contributed by atoms with Crippen molar-refractivity contribution in [1.29, 1.82) is 0 Å². The van der Waals surface area contributed by atoms with Gasteiger partial charge in [-0.1, -0.05) is 42.5 Å². The van der Waals surface area contributed by atoms with Gasteiger partial charge in [0.25, 0.3) is 5.91 Å². The van der Waals surface area contributed by atoms with Crippen LogP contribution in [0.5, 0.6) is 0 Å². The summed E-state index contributed by atoms with van der Waals surface area (Å²) in [5, 5.41) is 5.56. The number of methoxy groups -OCH3 is 1. The predicted molar refractivity (Wildman–Crippen MR) is 90.6 cm³/mol. The molecule has 0 atom stereocenters. The molecule has 1 heterocycles. The molecule has 1 aliphatic heterocycles. The van der Waals surface area contributed by atoms with Crippen molar-refractivity contribution in [3.05, 3.63) is 71.4 Å². The SMILES string of the molecule is COC(=O)c1ccccc1N=C1NC(=O)C(=Cc2ccccc2)N1. The Labute approximate surface area is 138 Å². The van der Waals surface area contributed by atoms with Gasteiger partial charge in [0.1, 0.15) is 5.70 Å². The Balaban J connectivity index is 1.88. The molecule has 0 spiro atoms. The predicted octanol–water partition coefficient (Wildman–Crippen LogP) is 2.22. The quantitative estimate of drug-likeness (QED) is 0.671. The van der Waals surface area contributed by atoms with Gasteiger partial charge in [-0.25, -0.2) is 9.79 Å². The Hall–Kier alpha value is -3.41. The second-order valence-corrected chi connectivity index (χ2v) is 5.02. The molecule has 0 aliphatic carbocycles. The summed E-state index contributed by atoms with van der Waals surface area (Å²) in [4.78, 5) is 28.1. The molecular formula is C18H15N3O3. The first-order valence-electron chi connectivity index (χ1n) is 7.28. The highest BCUT2D eigenvalue weighted by molar-refractivity contribution is 6.16. The van der Waals surface area contributed by atoms with Crippen LogP contribution in [0.4, 0.5) is 5.69 Å². The highest BCUT2D eigenvalue weighted by atomic mass is 16.5. The molecule has 0 saturated carbocycles. The van der Waals surface area contributed by atoms with Crippen LogP contribution in [-0.2, 0) is 9.53 Å². The van der Waals surface area contributed by atoms with Crippen LogP contribution in [0, 0.1) is 0 Å². The zero-order valence-electron chi connectivity index (χ0n) is 12.9. The van der Waals surface area contributed by atoms with E-state index in [-0.39, 0.29) is 11.9 Å². The van der Waals surface area contributed by atoms with Gasteiger partial charge in [-0.05, 0) is 23.8 Å². The minimum absolute atomic E-state index is 0.263. The van der Waals surface area contributed by atoms with Gasteiger partial charge in [0.15, 0.2) is 0 Å². The van der Waals surface area contributed by atoms with Gasteiger partial charge in [-0.2, -0.15) is 0 Å². The molecule has 1 amide bonds. The first-order valence-corrected chi connectivity index (χ1v) is 7.28. The van der Waals surface area contributed by atoms with Crippen molar-refractivity contribution in [2.45, 2.75) is 0 Å². The smallest absolute Gasteiger partial charge is 0.340 e. The summed E-state index contributed by atoms with van der Waals surface area (Å²) in [6.45, 7) is 0. The fourth-order valence-electron chi connectivity index (χ4n) is 2.24. The number of ether oxygens (including phenoxy) is 1. The molecule has 0 unspecified atom stereocenters. The number of amides is 1. The minimum atomic E-state index is -0.487. The molecule has 0 radical (unpaired) electrons. The maximum atomic E-state index is 12.0. The Morgan fingerprint density at radius 3 is 2.50 bits per heavy atom. The molecule has 0 aromatic heterocycles. The number of hydrogen-bond acceptors (Lipinski definition) is 4. The molecule has 1 fully saturated rings. The highest BCUT2D eigenvalue weighted by Crippen LogP contribution is 2.20. The molecule has 6 nitrogen and oxygen atoms in total. The van der Waals surface area contributed by atoms with Crippen molar-refractivity contribution in [3.8, 4) is 0 Å². The second-order valence-electron chi connectivity index (χ2n) is 5.02. The summed E-state index contributed by atoms with van der Waals surface area (Å²) in [5.41, 5.74) is 2.01. The van der Waals surface area contributed by atoms with Crippen LogP contribution in [-0.4, -0.2) is 24.9 Å². The van der Waals surface area contributed by atoms with Crippen LogP contribution < -0.4 is 10.6 Å². The number of para-hydroxylation sites is 1. The lowest BCUT2D eigenvalue weighted by Crippen LogP contribution is -2.24. The lowest BCUT2D eigenvalue weighted by Gasteiger charge is -2.04. The third-order valence-electron chi connectivity index (χ3n) is 3.38. The standard InChI is InChI=1S/C18H15N3O3/c1-24-17(23)13-9-5-6-10-14(13)19-18-20-15(16(22)21-18)11-12-7-3-2-4-8-12/h2-11H,1H3,(H2,19,20,21,22). The molecule has 2 aromatic carbocycles. The largest absolute Gasteiger partial charge is 0.465 e. The zero-order valence-corrected chi connectivity index (χ0v) is 12.9. The number of carbonyl (C=O) groups excluding carboxylic acids is 2. The summed E-state index contributed by atoms with van der Waals surface area (Å²) in [6, 6.07) is 16.2. The van der Waals surface area contributed by atoms with Crippen molar-refractivity contribution < 1.29 is 14.3 Å². The molecular weight excluding hydrogens is 306 g/mol. The van der Waals surface area contributed by atoms with E-state index in [2.05, 4.69) is 15.6 Å². The molecule has 3 rings (SSSR count). The van der Waals surface area contributed by atoms with E-state index in [1.165, 1.54) is 7.11 Å². The van der Waals surface area contributed by atoms with Crippen LogP contribution >= 0.6 is 0 Å². The van der Waals surface area contributed by atoms with E-state index in [1.54, 1.807) is 30.3 Å². The molecule has 0 bridgehead atoms. The first-order chi connectivity index (χ1) is 11.7. The Bertz CT molecular complexity index is 842. The maximum absolute atomic E-state index is 12.0. The number of aliphatic imine (C=N–C) groups is 1. The van der Waals surface area contributed by atoms with Crippen molar-refractivity contribution in [2.75, 3.05) is 7.11 Å². The average molecular weight is 321 g/mol. The van der Waals surface area contributed by atoms with Gasteiger partial charge in [0, 0.05) is 0 Å². The second kappa shape index (κ2) is 6.78. The van der Waals surface area contributed by atoms with Gasteiger partial charge >= 0.3 is 5.97 Å². The number of nitrogens with one attached hydrogen (secondary N) is 2. The first kappa shape index (κ1) is 15.5. The van der Waals surface area contributed by atoms with E-state index < -0.39 is 5.97 Å². The number of hydrogen-bond donors (Lipinski definition) is 2. The summed E-state index contributed by atoms with van der Waals surface area (Å²) >= 11 is 0. The molecule has 120 valence electrons. The molecule has 24 heavy (non-hydrogen) atoms. The highest BCUT2D eigenvalue weighted by Gasteiger charge is 2.22. The normalized spacial score (nSPS) is 16.8. The summed E-state index contributed by atoms with van der Waals surface area (Å²) < 4.78 is 4.74. The van der Waals surface area contributed by atoms with Gasteiger partial charge in [-0.15, -0.1) is 0 Å². The van der Waals surface area contributed by atoms with E-state index in [0.29, 0.717) is 16.9 Å². The van der Waals surface area contributed by atoms with Gasteiger partial charge < -0.3 is 10.1 Å². The number of rotatable bonds is 3. The third kappa shape index (κ3) is 3.33. The van der Waals surface area contributed by atoms with Crippen molar-refractivity contribution >= 4 is 29.6 Å². The molecule has 6 heteroatoms. The van der Waals surface area contributed by atoms with Crippen LogP contribution in [0.3, 0.4) is 0 Å². The summed E-state index contributed by atoms with van der Waals surface area (Å²) in [7, 11) is 1.31. The number of esters is 1. The van der Waals surface area contributed by atoms with Crippen LogP contribution in [0.25, 0.3) is 6.08 Å². The van der Waals surface area contributed by atoms with Gasteiger partial charge in [0.05, 0.1) is 18.4 Å². The fourth-order valence-corrected chi connectivity index (χ4v) is 2.24. The van der Waals surface area contributed by atoms with Crippen molar-refractivity contribution in [2.24, 2.45) is 4.99 Å². The molecule has 2 N–H and O–H groups in total. The average Bonchev–Trinajstić information content (AvgIpc) is 2.95. The maximum Gasteiger partial charge on any atom is 0.340 e. The van der Waals surface area contributed by atoms with Gasteiger partial charge in [-0.3, -0.25) is 10.1 Å². The Morgan fingerprint density at radius 1 is 1.04 bits per heavy atom. The van der Waals surface area contributed by atoms with Crippen molar-refractivity contribution in [1.82, 2.24) is 10.6 Å². The van der Waals surface area contributed by atoms with E-state index >= 15 is 0 Å². The lowest BCUT2D eigenvalue weighted by atomic mass is 10.2. The topological polar surface area (TPSA) is 79.8 Å². The minimum Gasteiger partial charge on any atom is -0.465 e. The van der Waals surface area contributed by atoms with Crippen molar-refractivity contribution in [3.63, 3.8) is 0 Å². The summed E-state index contributed by atoms with van der Waals surface area (Å²) in [5.74, 6) is -0.508. The number of benzene rings is 2. The fraction of sp³-hybridized carbons (Fsp3) is 0.0556. The third-order valence-corrected chi connectivity index (χ3v) is 3.38. The van der Waals surface area contributed by atoms with Gasteiger partial charge in [0.2, 0.25) is 5.96 Å². The van der Waals surface area contributed by atoms with E-state index in [4.69, 9.17) is 4.74 Å². The Morgan fingerprint density at radius 2 is 1.75 bits per heavy atom.